The van der Waals surface area contributed by atoms with Crippen LogP contribution in [0.5, 0.6) is 0 Å². The third kappa shape index (κ3) is 3.34. The number of rotatable bonds is 3. The number of aliphatic hydroxyl groups is 1. The van der Waals surface area contributed by atoms with E-state index in [4.69, 9.17) is 0 Å². The molecule has 1 aromatic carbocycles. The predicted octanol–water partition coefficient (Wildman–Crippen LogP) is 3.06. The van der Waals surface area contributed by atoms with Gasteiger partial charge in [-0.2, -0.15) is 0 Å². The molecule has 2 atom stereocenters. The van der Waals surface area contributed by atoms with E-state index >= 15 is 0 Å². The number of piperazine rings is 1. The molecule has 3 aliphatic rings. The van der Waals surface area contributed by atoms with Crippen LogP contribution in [0.3, 0.4) is 0 Å². The zero-order chi connectivity index (χ0) is 17.4. The molecule has 1 saturated carbocycles. The number of hydrogen-bond donors (Lipinski definition) is 1. The Morgan fingerprint density at radius 2 is 1.84 bits per heavy atom. The molecule has 4 nitrogen and oxygen atoms in total. The van der Waals surface area contributed by atoms with E-state index in [1.54, 1.807) is 0 Å². The lowest BCUT2D eigenvalue weighted by Gasteiger charge is -2.39. The normalized spacial score (nSPS) is 26.0. The number of aliphatic hydroxyl groups excluding tert-OH is 1. The van der Waals surface area contributed by atoms with Gasteiger partial charge in [-0.15, -0.1) is 0 Å². The third-order valence-corrected chi connectivity index (χ3v) is 6.47. The van der Waals surface area contributed by atoms with Crippen LogP contribution in [0.2, 0.25) is 0 Å². The zero-order valence-electron chi connectivity index (χ0n) is 15.3. The molecule has 1 aromatic rings. The quantitative estimate of drug-likeness (QED) is 0.918. The fourth-order valence-electron chi connectivity index (χ4n) is 4.92. The fourth-order valence-corrected chi connectivity index (χ4v) is 4.92. The van der Waals surface area contributed by atoms with Crippen LogP contribution in [0.25, 0.3) is 0 Å². The Morgan fingerprint density at radius 1 is 1.12 bits per heavy atom. The van der Waals surface area contributed by atoms with Crippen LogP contribution >= 0.6 is 0 Å². The molecular weight excluding hydrogens is 312 g/mol. The van der Waals surface area contributed by atoms with Gasteiger partial charge in [-0.3, -0.25) is 9.69 Å². The van der Waals surface area contributed by atoms with Crippen molar-refractivity contribution in [3.05, 3.63) is 34.9 Å². The van der Waals surface area contributed by atoms with Gasteiger partial charge in [0.2, 0.25) is 5.91 Å². The summed E-state index contributed by atoms with van der Waals surface area (Å²) in [5, 5.41) is 9.89. The molecule has 1 heterocycles. The van der Waals surface area contributed by atoms with Crippen molar-refractivity contribution in [2.24, 2.45) is 5.92 Å². The fraction of sp³-hybridized carbons (Fsp3) is 0.667. The molecule has 2 unspecified atom stereocenters. The largest absolute Gasteiger partial charge is 0.389 e. The minimum Gasteiger partial charge on any atom is -0.389 e. The second-order valence-corrected chi connectivity index (χ2v) is 8.03. The molecule has 2 aliphatic carbocycles. The topological polar surface area (TPSA) is 43.8 Å². The van der Waals surface area contributed by atoms with Gasteiger partial charge < -0.3 is 10.0 Å². The Kier molecular flexibility index (Phi) is 4.83. The van der Waals surface area contributed by atoms with E-state index in [-0.39, 0.29) is 0 Å². The highest BCUT2D eigenvalue weighted by molar-refractivity contribution is 5.79. The molecule has 1 aliphatic heterocycles. The van der Waals surface area contributed by atoms with Crippen molar-refractivity contribution in [3.8, 4) is 0 Å². The number of nitrogens with zero attached hydrogens (tertiary/aromatic N) is 2. The summed E-state index contributed by atoms with van der Waals surface area (Å²) in [5.41, 5.74) is 3.84. The first-order valence-corrected chi connectivity index (χ1v) is 9.97. The molecule has 136 valence electrons. The summed E-state index contributed by atoms with van der Waals surface area (Å²) in [7, 11) is 0. The first kappa shape index (κ1) is 17.0. The Labute approximate surface area is 150 Å². The first-order chi connectivity index (χ1) is 12.1. The molecule has 0 spiro atoms. The molecule has 0 radical (unpaired) electrons. The minimum atomic E-state index is -0.410. The molecule has 1 N–H and O–H groups in total. The summed E-state index contributed by atoms with van der Waals surface area (Å²) in [6, 6.07) is 6.91. The summed E-state index contributed by atoms with van der Waals surface area (Å²) >= 11 is 0. The van der Waals surface area contributed by atoms with Crippen molar-refractivity contribution in [2.45, 2.75) is 57.6 Å². The lowest BCUT2D eigenvalue weighted by Crippen LogP contribution is -2.50. The lowest BCUT2D eigenvalue weighted by molar-refractivity contribution is -0.137. The van der Waals surface area contributed by atoms with E-state index in [0.717, 1.165) is 57.4 Å². The summed E-state index contributed by atoms with van der Waals surface area (Å²) in [4.78, 5) is 17.3. The summed E-state index contributed by atoms with van der Waals surface area (Å²) in [6.45, 7) is 5.52. The standard InChI is InChI=1S/C21H30N2O2/c1-15(24)18-7-6-16-8-9-20(19(16)14-18)22-10-12-23(13-11-22)21(25)17-4-2-3-5-17/h6-7,14-15,17,20,24H,2-5,8-13H2,1H3. The number of carbonyl (C=O) groups excluding carboxylic acids is 1. The van der Waals surface area contributed by atoms with Crippen molar-refractivity contribution in [3.63, 3.8) is 0 Å². The van der Waals surface area contributed by atoms with Crippen LogP contribution in [0.1, 0.15) is 67.9 Å². The molecule has 1 saturated heterocycles. The first-order valence-electron chi connectivity index (χ1n) is 9.97. The second kappa shape index (κ2) is 7.08. The van der Waals surface area contributed by atoms with Crippen molar-refractivity contribution in [2.75, 3.05) is 26.2 Å². The predicted molar refractivity (Wildman–Crippen MR) is 98.2 cm³/mol. The molecule has 4 rings (SSSR count). The highest BCUT2D eigenvalue weighted by Gasteiger charge is 2.33. The van der Waals surface area contributed by atoms with Crippen molar-refractivity contribution in [1.29, 1.82) is 0 Å². The minimum absolute atomic E-state index is 0.298. The number of carbonyl (C=O) groups is 1. The third-order valence-electron chi connectivity index (χ3n) is 6.47. The second-order valence-electron chi connectivity index (χ2n) is 8.03. The van der Waals surface area contributed by atoms with Gasteiger partial charge >= 0.3 is 0 Å². The maximum Gasteiger partial charge on any atom is 0.225 e. The zero-order valence-corrected chi connectivity index (χ0v) is 15.3. The molecule has 0 aromatic heterocycles. The van der Waals surface area contributed by atoms with Crippen LogP contribution in [0.4, 0.5) is 0 Å². The monoisotopic (exact) mass is 342 g/mol. The average Bonchev–Trinajstić information content (AvgIpc) is 3.30. The van der Waals surface area contributed by atoms with Crippen LogP contribution in [-0.4, -0.2) is 47.0 Å². The van der Waals surface area contributed by atoms with Crippen LogP contribution < -0.4 is 0 Å². The smallest absolute Gasteiger partial charge is 0.225 e. The van der Waals surface area contributed by atoms with Crippen molar-refractivity contribution < 1.29 is 9.90 Å². The van der Waals surface area contributed by atoms with Gasteiger partial charge in [0.15, 0.2) is 0 Å². The van der Waals surface area contributed by atoms with E-state index in [1.807, 2.05) is 6.92 Å². The Hall–Kier alpha value is -1.39. The Morgan fingerprint density at radius 3 is 2.52 bits per heavy atom. The molecule has 4 heteroatoms. The van der Waals surface area contributed by atoms with E-state index in [1.165, 1.54) is 24.0 Å². The van der Waals surface area contributed by atoms with E-state index in [0.29, 0.717) is 17.9 Å². The molecule has 2 fully saturated rings. The molecule has 0 bridgehead atoms. The van der Waals surface area contributed by atoms with E-state index in [2.05, 4.69) is 28.0 Å². The van der Waals surface area contributed by atoms with Crippen LogP contribution in [-0.2, 0) is 11.2 Å². The van der Waals surface area contributed by atoms with Gasteiger partial charge in [-0.25, -0.2) is 0 Å². The lowest BCUT2D eigenvalue weighted by atomic mass is 10.0. The summed E-state index contributed by atoms with van der Waals surface area (Å²) < 4.78 is 0. The average molecular weight is 342 g/mol. The van der Waals surface area contributed by atoms with Gasteiger partial charge in [-0.1, -0.05) is 31.0 Å². The number of hydrogen-bond acceptors (Lipinski definition) is 3. The van der Waals surface area contributed by atoms with Gasteiger partial charge in [-0.05, 0) is 49.3 Å². The van der Waals surface area contributed by atoms with Gasteiger partial charge in [0, 0.05) is 38.1 Å². The summed E-state index contributed by atoms with van der Waals surface area (Å²) in [6.07, 6.45) is 6.51. The van der Waals surface area contributed by atoms with Crippen LogP contribution in [0.15, 0.2) is 18.2 Å². The summed E-state index contributed by atoms with van der Waals surface area (Å²) in [5.74, 6) is 0.702. The number of fused-ring (bicyclic) bond motifs is 1. The number of aryl methyl sites for hydroxylation is 1. The van der Waals surface area contributed by atoms with E-state index < -0.39 is 6.10 Å². The van der Waals surface area contributed by atoms with E-state index in [9.17, 15) is 9.90 Å². The molecular formula is C21H30N2O2. The van der Waals surface area contributed by atoms with Gasteiger partial charge in [0.1, 0.15) is 0 Å². The maximum atomic E-state index is 12.6. The Balaban J connectivity index is 1.41. The van der Waals surface area contributed by atoms with Crippen LogP contribution in [0, 0.1) is 5.92 Å². The van der Waals surface area contributed by atoms with Gasteiger partial charge in [0.25, 0.3) is 0 Å². The highest BCUT2D eigenvalue weighted by atomic mass is 16.3. The Bertz CT molecular complexity index is 629. The van der Waals surface area contributed by atoms with Crippen molar-refractivity contribution >= 4 is 5.91 Å². The highest BCUT2D eigenvalue weighted by Crippen LogP contribution is 2.38. The van der Waals surface area contributed by atoms with Crippen molar-refractivity contribution in [1.82, 2.24) is 9.80 Å². The SMILES string of the molecule is CC(O)c1ccc2c(c1)C(N1CCN(C(=O)C3CCCC3)CC1)CC2. The molecule has 1 amide bonds. The maximum absolute atomic E-state index is 12.6. The van der Waals surface area contributed by atoms with Gasteiger partial charge in [0.05, 0.1) is 6.10 Å². The number of benzene rings is 1. The number of amides is 1. The molecule has 25 heavy (non-hydrogen) atoms.